The molecule has 1 aromatic carbocycles. The molecule has 1 aromatic rings. The summed E-state index contributed by atoms with van der Waals surface area (Å²) in [6, 6.07) is 2.28. The molecule has 0 saturated heterocycles. The highest BCUT2D eigenvalue weighted by Crippen LogP contribution is 2.40. The predicted octanol–water partition coefficient (Wildman–Crippen LogP) is 3.09. The second kappa shape index (κ2) is 4.10. The fourth-order valence-electron chi connectivity index (χ4n) is 1.71. The quantitative estimate of drug-likeness (QED) is 0.889. The van der Waals surface area contributed by atoms with Crippen molar-refractivity contribution in [2.45, 2.75) is 25.3 Å². The van der Waals surface area contributed by atoms with Crippen LogP contribution in [0, 0.1) is 11.7 Å². The highest BCUT2D eigenvalue weighted by atomic mass is 79.9. The molecule has 1 aliphatic rings. The molecule has 2 nitrogen and oxygen atoms in total. The lowest BCUT2D eigenvalue weighted by atomic mass is 10.0. The molecule has 0 aromatic heterocycles. The maximum Gasteiger partial charge on any atom is 0.134 e. The Bertz CT molecular complexity index is 379. The van der Waals surface area contributed by atoms with Crippen LogP contribution in [0.15, 0.2) is 16.6 Å². The first kappa shape index (κ1) is 10.9. The lowest BCUT2D eigenvalue weighted by molar-refractivity contribution is 0.448. The first-order valence-electron chi connectivity index (χ1n) is 5.01. The Morgan fingerprint density at radius 1 is 1.53 bits per heavy atom. The van der Waals surface area contributed by atoms with E-state index in [4.69, 9.17) is 5.73 Å². The Kier molecular flexibility index (Phi) is 2.98. The van der Waals surface area contributed by atoms with Crippen molar-refractivity contribution >= 4 is 15.9 Å². The fraction of sp³-hybridized carbons (Fsp3) is 0.455. The summed E-state index contributed by atoms with van der Waals surface area (Å²) in [5.41, 5.74) is 6.42. The lowest BCUT2D eigenvalue weighted by Gasteiger charge is -2.14. The zero-order valence-electron chi connectivity index (χ0n) is 8.21. The zero-order valence-corrected chi connectivity index (χ0v) is 9.80. The Hall–Kier alpha value is -0.610. The molecule has 0 unspecified atom stereocenters. The molecule has 2 rings (SSSR count). The molecule has 0 aliphatic heterocycles. The van der Waals surface area contributed by atoms with Gasteiger partial charge in [-0.2, -0.15) is 0 Å². The van der Waals surface area contributed by atoms with E-state index in [1.165, 1.54) is 25.0 Å². The van der Waals surface area contributed by atoms with Crippen molar-refractivity contribution in [3.63, 3.8) is 0 Å². The van der Waals surface area contributed by atoms with Gasteiger partial charge in [-0.15, -0.1) is 0 Å². The van der Waals surface area contributed by atoms with E-state index in [9.17, 15) is 9.50 Å². The summed E-state index contributed by atoms with van der Waals surface area (Å²) in [5.74, 6) is 0.340. The number of halogens is 2. The molecule has 0 spiro atoms. The van der Waals surface area contributed by atoms with Crippen LogP contribution in [0.4, 0.5) is 4.39 Å². The predicted molar refractivity (Wildman–Crippen MR) is 60.0 cm³/mol. The molecular formula is C11H13BrFNO. The number of hydrogen-bond donors (Lipinski definition) is 2. The van der Waals surface area contributed by atoms with Gasteiger partial charge in [-0.3, -0.25) is 0 Å². The fourth-order valence-corrected chi connectivity index (χ4v) is 2.16. The Morgan fingerprint density at radius 3 is 2.80 bits per heavy atom. The third-order valence-corrected chi connectivity index (χ3v) is 3.35. The summed E-state index contributed by atoms with van der Waals surface area (Å²) in [7, 11) is 0. The summed E-state index contributed by atoms with van der Waals surface area (Å²) in [5, 5.41) is 9.73. The molecule has 15 heavy (non-hydrogen) atoms. The van der Waals surface area contributed by atoms with Gasteiger partial charge in [0.05, 0.1) is 4.47 Å². The van der Waals surface area contributed by atoms with Crippen molar-refractivity contribution in [1.82, 2.24) is 0 Å². The topological polar surface area (TPSA) is 46.2 Å². The smallest absolute Gasteiger partial charge is 0.134 e. The van der Waals surface area contributed by atoms with Crippen molar-refractivity contribution in [1.29, 1.82) is 0 Å². The van der Waals surface area contributed by atoms with Crippen LogP contribution in [-0.4, -0.2) is 5.11 Å². The minimum atomic E-state index is -0.374. The third-order valence-electron chi connectivity index (χ3n) is 2.74. The van der Waals surface area contributed by atoms with Crippen LogP contribution < -0.4 is 5.73 Å². The molecule has 0 bridgehead atoms. The molecule has 0 amide bonds. The molecule has 1 saturated carbocycles. The molecule has 1 fully saturated rings. The number of benzene rings is 1. The van der Waals surface area contributed by atoms with Crippen molar-refractivity contribution in [2.75, 3.05) is 0 Å². The largest absolute Gasteiger partial charge is 0.506 e. The van der Waals surface area contributed by atoms with Crippen molar-refractivity contribution < 1.29 is 9.50 Å². The monoisotopic (exact) mass is 273 g/mol. The van der Waals surface area contributed by atoms with Crippen LogP contribution in [0.2, 0.25) is 0 Å². The van der Waals surface area contributed by atoms with E-state index in [0.717, 1.165) is 6.42 Å². The van der Waals surface area contributed by atoms with E-state index in [-0.39, 0.29) is 17.6 Å². The molecule has 3 N–H and O–H groups in total. The number of phenolic OH excluding ortho intramolecular Hbond substituents is 1. The van der Waals surface area contributed by atoms with Gasteiger partial charge in [-0.1, -0.05) is 12.8 Å². The van der Waals surface area contributed by atoms with E-state index in [2.05, 4.69) is 15.9 Å². The van der Waals surface area contributed by atoms with E-state index >= 15 is 0 Å². The number of rotatable bonds is 3. The third kappa shape index (κ3) is 2.49. The second-order valence-corrected chi connectivity index (χ2v) is 4.97. The van der Waals surface area contributed by atoms with Gasteiger partial charge in [-0.25, -0.2) is 4.39 Å². The summed E-state index contributed by atoms with van der Waals surface area (Å²) >= 11 is 3.10. The molecule has 0 heterocycles. The highest BCUT2D eigenvalue weighted by molar-refractivity contribution is 9.10. The summed E-state index contributed by atoms with van der Waals surface area (Å²) in [6.45, 7) is 0. The second-order valence-electron chi connectivity index (χ2n) is 4.11. The Morgan fingerprint density at radius 2 is 2.20 bits per heavy atom. The summed E-state index contributed by atoms with van der Waals surface area (Å²) in [4.78, 5) is 0. The number of nitrogens with two attached hydrogens (primary N) is 1. The van der Waals surface area contributed by atoms with Gasteiger partial charge in [0, 0.05) is 11.6 Å². The first-order valence-corrected chi connectivity index (χ1v) is 5.80. The van der Waals surface area contributed by atoms with Gasteiger partial charge in [-0.05, 0) is 40.4 Å². The molecule has 0 radical (unpaired) electrons. The lowest BCUT2D eigenvalue weighted by Crippen LogP contribution is -2.11. The first-order chi connectivity index (χ1) is 7.08. The molecular weight excluding hydrogens is 261 g/mol. The zero-order chi connectivity index (χ0) is 11.0. The van der Waals surface area contributed by atoms with Crippen molar-refractivity contribution in [2.24, 2.45) is 11.7 Å². The van der Waals surface area contributed by atoms with Crippen LogP contribution in [0.25, 0.3) is 0 Å². The minimum Gasteiger partial charge on any atom is -0.506 e. The van der Waals surface area contributed by atoms with Crippen LogP contribution >= 0.6 is 15.9 Å². The normalized spacial score (nSPS) is 17.8. The van der Waals surface area contributed by atoms with Gasteiger partial charge in [0.1, 0.15) is 11.6 Å². The average molecular weight is 274 g/mol. The molecule has 1 aliphatic carbocycles. The average Bonchev–Trinajstić information content (AvgIpc) is 2.94. The van der Waals surface area contributed by atoms with Gasteiger partial charge >= 0.3 is 0 Å². The Balaban J connectivity index is 2.24. The van der Waals surface area contributed by atoms with Crippen LogP contribution in [0.1, 0.15) is 30.9 Å². The van der Waals surface area contributed by atoms with E-state index in [1.807, 2.05) is 0 Å². The highest BCUT2D eigenvalue weighted by Gasteiger charge is 2.26. The standard InChI is InChI=1S/C11H13BrFNO/c12-9-5-7(13)4-8(11(9)15)10(14)3-6-1-2-6/h4-6,10,15H,1-3,14H2/t10-/m0/s1. The minimum absolute atomic E-state index is 0.0598. The maximum atomic E-state index is 13.1. The van der Waals surface area contributed by atoms with Crippen LogP contribution in [-0.2, 0) is 0 Å². The van der Waals surface area contributed by atoms with Crippen molar-refractivity contribution in [3.8, 4) is 5.75 Å². The van der Waals surface area contributed by atoms with Gasteiger partial charge < -0.3 is 10.8 Å². The van der Waals surface area contributed by atoms with Gasteiger partial charge in [0.25, 0.3) is 0 Å². The summed E-state index contributed by atoms with van der Waals surface area (Å²) < 4.78 is 13.5. The van der Waals surface area contributed by atoms with Gasteiger partial charge in [0.2, 0.25) is 0 Å². The van der Waals surface area contributed by atoms with E-state index < -0.39 is 0 Å². The van der Waals surface area contributed by atoms with Crippen LogP contribution in [0.3, 0.4) is 0 Å². The SMILES string of the molecule is N[C@@H](CC1CC1)c1cc(F)cc(Br)c1O. The van der Waals surface area contributed by atoms with E-state index in [0.29, 0.717) is 16.0 Å². The molecule has 4 heteroatoms. The maximum absolute atomic E-state index is 13.1. The Labute approximate surface area is 96.4 Å². The summed E-state index contributed by atoms with van der Waals surface area (Å²) in [6.07, 6.45) is 3.22. The van der Waals surface area contributed by atoms with E-state index in [1.54, 1.807) is 0 Å². The van der Waals surface area contributed by atoms with Crippen molar-refractivity contribution in [3.05, 3.63) is 28.0 Å². The number of hydrogen-bond acceptors (Lipinski definition) is 2. The molecule has 82 valence electrons. The van der Waals surface area contributed by atoms with Crippen LogP contribution in [0.5, 0.6) is 5.75 Å². The number of phenols is 1. The van der Waals surface area contributed by atoms with Gasteiger partial charge in [0.15, 0.2) is 0 Å². The molecule has 1 atom stereocenters. The number of aromatic hydroxyl groups is 1.